The Morgan fingerprint density at radius 3 is 1.00 bits per heavy atom. The molecule has 46 heavy (non-hydrogen) atoms. The molecule has 0 saturated heterocycles. The first-order valence-corrected chi connectivity index (χ1v) is 13.9. The average Bonchev–Trinajstić information content (AvgIpc) is 2.89. The second kappa shape index (κ2) is 15.4. The van der Waals surface area contributed by atoms with Gasteiger partial charge in [-0.25, -0.2) is 9.59 Å². The van der Waals surface area contributed by atoms with Crippen molar-refractivity contribution in [2.45, 2.75) is 72.9 Å². The number of hydrogen-bond acceptors (Lipinski definition) is 6. The maximum atomic E-state index is 13.8. The number of rotatable bonds is 19. The zero-order chi connectivity index (χ0) is 36.8. The van der Waals surface area contributed by atoms with E-state index in [9.17, 15) is 88.6 Å². The van der Waals surface area contributed by atoms with Gasteiger partial charge in [0, 0.05) is 36.5 Å². The normalized spacial score (nSPS) is 15.6. The van der Waals surface area contributed by atoms with E-state index < -0.39 is 108 Å². The topological polar surface area (TPSA) is 52.6 Å². The molecule has 0 heterocycles. The van der Waals surface area contributed by atoms with Crippen molar-refractivity contribution in [3.63, 3.8) is 0 Å². The lowest BCUT2D eigenvalue weighted by molar-refractivity contribution is -0.396. The molecule has 0 aromatic heterocycles. The molecule has 0 aliphatic rings. The van der Waals surface area contributed by atoms with Crippen LogP contribution in [0.3, 0.4) is 0 Å². The highest BCUT2D eigenvalue weighted by molar-refractivity contribution is 7.99. The summed E-state index contributed by atoms with van der Waals surface area (Å²) in [7, 11) is 0. The zero-order valence-electron chi connectivity index (χ0n) is 22.2. The number of halogens is 18. The van der Waals surface area contributed by atoms with Crippen LogP contribution < -0.4 is 0 Å². The van der Waals surface area contributed by atoms with Crippen molar-refractivity contribution in [3.05, 3.63) is 25.3 Å². The Balaban J connectivity index is 5.80. The summed E-state index contributed by atoms with van der Waals surface area (Å²) in [5, 5.41) is 0. The van der Waals surface area contributed by atoms with E-state index in [1.807, 2.05) is 0 Å². The van der Waals surface area contributed by atoms with E-state index in [1.165, 1.54) is 0 Å². The summed E-state index contributed by atoms with van der Waals surface area (Å²) in [4.78, 5) is 23.4. The number of thioether (sulfide) groups is 2. The van der Waals surface area contributed by atoms with Crippen LogP contribution in [0.4, 0.5) is 79.0 Å². The van der Waals surface area contributed by atoms with E-state index in [0.717, 1.165) is 0 Å². The number of hydrogen-bond donors (Lipinski definition) is 0. The van der Waals surface area contributed by atoms with Crippen LogP contribution in [-0.2, 0) is 19.1 Å². The van der Waals surface area contributed by atoms with Gasteiger partial charge in [-0.1, -0.05) is 13.2 Å². The Kier molecular flexibility index (Phi) is 14.7. The molecule has 0 aromatic rings. The second-order valence-corrected chi connectivity index (χ2v) is 11.0. The number of carbonyl (C=O) groups excluding carboxylic acids is 2. The summed E-state index contributed by atoms with van der Waals surface area (Å²) >= 11 is 0.00672. The van der Waals surface area contributed by atoms with Gasteiger partial charge in [-0.3, -0.25) is 0 Å². The van der Waals surface area contributed by atoms with E-state index in [2.05, 4.69) is 13.2 Å². The second-order valence-electron chi connectivity index (χ2n) is 8.71. The minimum absolute atomic E-state index is 0.00336. The highest BCUT2D eigenvalue weighted by Crippen LogP contribution is 2.55. The monoisotopic (exact) mass is 754 g/mol. The summed E-state index contributed by atoms with van der Waals surface area (Å²) < 4.78 is 244. The van der Waals surface area contributed by atoms with E-state index in [-0.39, 0.29) is 23.5 Å². The molecule has 0 spiro atoms. The maximum absolute atomic E-state index is 13.8. The fourth-order valence-corrected chi connectivity index (χ4v) is 4.92. The number of esters is 2. The Morgan fingerprint density at radius 1 is 0.522 bits per heavy atom. The standard InChI is InChI=1S/C22H20F18O4S2/c1-3-13(41)43-11(9-45-7-5-15(23,24)17(27,28)19(31,32)21(35,36)37)12(44-14(42)4-2)10-46-8-6-16(25,26)18(29,30)20(33,34)22(38,39)40/h3-4,11-12H,1-2,5-10H2. The first kappa shape index (κ1) is 43.9. The van der Waals surface area contributed by atoms with Crippen LogP contribution in [0.25, 0.3) is 0 Å². The first-order valence-electron chi connectivity index (χ1n) is 11.6. The number of ether oxygens (including phenoxy) is 2. The predicted molar refractivity (Wildman–Crippen MR) is 126 cm³/mol. The largest absolute Gasteiger partial charge is 0.460 e. The third kappa shape index (κ3) is 9.94. The van der Waals surface area contributed by atoms with E-state index in [4.69, 9.17) is 9.47 Å². The maximum Gasteiger partial charge on any atom is 0.460 e. The van der Waals surface area contributed by atoms with Crippen LogP contribution in [0.15, 0.2) is 25.3 Å². The van der Waals surface area contributed by atoms with Crippen molar-refractivity contribution in [2.75, 3.05) is 23.0 Å². The molecule has 0 fully saturated rings. The molecule has 2 atom stereocenters. The van der Waals surface area contributed by atoms with Gasteiger partial charge in [0.05, 0.1) is 0 Å². The molecule has 2 unspecified atom stereocenters. The Bertz CT molecular complexity index is 977. The molecule has 4 nitrogen and oxygen atoms in total. The van der Waals surface area contributed by atoms with Crippen LogP contribution in [-0.4, -0.2) is 95.0 Å². The third-order valence-electron chi connectivity index (χ3n) is 5.39. The summed E-state index contributed by atoms with van der Waals surface area (Å²) in [5.41, 5.74) is 0. The molecule has 270 valence electrons. The molecule has 0 bridgehead atoms. The predicted octanol–water partition coefficient (Wildman–Crippen LogP) is 8.37. The molecule has 0 saturated carbocycles. The van der Waals surface area contributed by atoms with Gasteiger partial charge in [-0.15, -0.1) is 0 Å². The van der Waals surface area contributed by atoms with Gasteiger partial charge in [-0.05, 0) is 11.5 Å². The fraction of sp³-hybridized carbons (Fsp3) is 0.727. The molecule has 0 aliphatic carbocycles. The molecule has 0 aromatic carbocycles. The highest BCUT2D eigenvalue weighted by Gasteiger charge is 2.82. The van der Waals surface area contributed by atoms with Gasteiger partial charge in [0.2, 0.25) is 0 Å². The molecule has 0 aliphatic heterocycles. The first-order chi connectivity index (χ1) is 20.4. The van der Waals surface area contributed by atoms with Crippen molar-refractivity contribution in [2.24, 2.45) is 0 Å². The van der Waals surface area contributed by atoms with Gasteiger partial charge < -0.3 is 9.47 Å². The Morgan fingerprint density at radius 2 is 0.783 bits per heavy atom. The fourth-order valence-electron chi connectivity index (χ4n) is 2.76. The molecule has 0 rings (SSSR count). The van der Waals surface area contributed by atoms with Crippen molar-refractivity contribution in [1.29, 1.82) is 0 Å². The van der Waals surface area contributed by atoms with Crippen molar-refractivity contribution >= 4 is 35.5 Å². The van der Waals surface area contributed by atoms with Crippen LogP contribution in [0.5, 0.6) is 0 Å². The van der Waals surface area contributed by atoms with E-state index in [0.29, 0.717) is 12.2 Å². The summed E-state index contributed by atoms with van der Waals surface area (Å²) in [6.07, 6.45) is -21.9. The van der Waals surface area contributed by atoms with Gasteiger partial charge in [0.15, 0.2) is 0 Å². The minimum Gasteiger partial charge on any atom is -0.454 e. The van der Waals surface area contributed by atoms with Crippen LogP contribution in [0.1, 0.15) is 12.8 Å². The minimum atomic E-state index is -7.18. The van der Waals surface area contributed by atoms with E-state index >= 15 is 0 Å². The lowest BCUT2D eigenvalue weighted by Gasteiger charge is -2.34. The number of carbonyl (C=O) groups is 2. The number of alkyl halides is 18. The molecular weight excluding hydrogens is 734 g/mol. The molecule has 0 amide bonds. The molecule has 0 radical (unpaired) electrons. The van der Waals surface area contributed by atoms with Gasteiger partial charge >= 0.3 is 59.8 Å². The molecule has 0 N–H and O–H groups in total. The van der Waals surface area contributed by atoms with Gasteiger partial charge in [0.25, 0.3) is 0 Å². The van der Waals surface area contributed by atoms with E-state index in [1.54, 1.807) is 0 Å². The third-order valence-corrected chi connectivity index (χ3v) is 7.50. The van der Waals surface area contributed by atoms with Crippen LogP contribution in [0, 0.1) is 0 Å². The molecular formula is C22H20F18O4S2. The summed E-state index contributed by atoms with van der Waals surface area (Å²) in [6, 6.07) is 0. The zero-order valence-corrected chi connectivity index (χ0v) is 23.9. The Hall–Kier alpha value is -2.14. The van der Waals surface area contributed by atoms with Crippen LogP contribution in [0.2, 0.25) is 0 Å². The summed E-state index contributed by atoms with van der Waals surface area (Å²) in [6.45, 7) is 5.92. The van der Waals surface area contributed by atoms with Crippen molar-refractivity contribution < 1.29 is 98.1 Å². The lowest BCUT2D eigenvalue weighted by atomic mass is 10.0. The molecule has 24 heteroatoms. The lowest BCUT2D eigenvalue weighted by Crippen LogP contribution is -2.61. The highest BCUT2D eigenvalue weighted by atomic mass is 32.2. The van der Waals surface area contributed by atoms with Gasteiger partial charge in [0.1, 0.15) is 12.2 Å². The average molecular weight is 754 g/mol. The smallest absolute Gasteiger partial charge is 0.454 e. The van der Waals surface area contributed by atoms with Gasteiger partial charge in [-0.2, -0.15) is 103 Å². The Labute approximate surface area is 255 Å². The van der Waals surface area contributed by atoms with Crippen molar-refractivity contribution in [3.8, 4) is 0 Å². The van der Waals surface area contributed by atoms with Crippen molar-refractivity contribution in [1.82, 2.24) is 0 Å². The summed E-state index contributed by atoms with van der Waals surface area (Å²) in [5.74, 6) is -47.7. The SMILES string of the molecule is C=CC(=O)OC(CSCCC(F)(F)C(F)(F)C(F)(F)C(F)(F)F)C(CSCCC(F)(F)C(F)(F)C(F)(F)C(F)(F)F)OC(=O)C=C. The van der Waals surface area contributed by atoms with Crippen LogP contribution >= 0.6 is 23.5 Å². The quantitative estimate of drug-likeness (QED) is 0.0572.